The molecule has 0 aliphatic carbocycles. The molecule has 4 heteroatoms. The van der Waals surface area contributed by atoms with Crippen molar-refractivity contribution in [3.05, 3.63) is 58.8 Å². The van der Waals surface area contributed by atoms with Gasteiger partial charge >= 0.3 is 0 Å². The van der Waals surface area contributed by atoms with Crippen molar-refractivity contribution in [3.8, 4) is 11.3 Å². The van der Waals surface area contributed by atoms with E-state index in [1.807, 2.05) is 0 Å². The normalized spacial score (nSPS) is 9.87. The minimum Gasteiger partial charge on any atom is -0.258 e. The van der Waals surface area contributed by atoms with Crippen molar-refractivity contribution in [3.63, 3.8) is 0 Å². The molecular weight excluding hydrogens is 192 g/mol. The van der Waals surface area contributed by atoms with Crippen molar-refractivity contribution in [1.29, 1.82) is 0 Å². The number of nitro benzene ring substituents is 1. The predicted octanol–water partition coefficient (Wildman–Crippen LogP) is 2.66. The Morgan fingerprint density at radius 3 is 2.47 bits per heavy atom. The molecule has 15 heavy (non-hydrogen) atoms. The third kappa shape index (κ3) is 1.83. The number of para-hydroxylation sites is 1. The highest BCUT2D eigenvalue weighted by Gasteiger charge is 2.13. The van der Waals surface area contributed by atoms with E-state index in [4.69, 9.17) is 0 Å². The third-order valence-electron chi connectivity index (χ3n) is 2.04. The summed E-state index contributed by atoms with van der Waals surface area (Å²) >= 11 is 0. The second-order valence-electron chi connectivity index (χ2n) is 2.99. The van der Waals surface area contributed by atoms with E-state index in [0.29, 0.717) is 11.3 Å². The molecule has 0 saturated carbocycles. The second-order valence-corrected chi connectivity index (χ2v) is 2.99. The van der Waals surface area contributed by atoms with Crippen LogP contribution >= 0.6 is 0 Å². The fourth-order valence-electron chi connectivity index (χ4n) is 1.37. The van der Waals surface area contributed by atoms with Gasteiger partial charge in [-0.15, -0.1) is 0 Å². The topological polar surface area (TPSA) is 56.0 Å². The lowest BCUT2D eigenvalue weighted by molar-refractivity contribution is -0.384. The maximum atomic E-state index is 10.8. The monoisotopic (exact) mass is 200 g/mol. The van der Waals surface area contributed by atoms with Crippen molar-refractivity contribution in [1.82, 2.24) is 4.98 Å². The van der Waals surface area contributed by atoms with Gasteiger partial charge in [0.25, 0.3) is 5.69 Å². The van der Waals surface area contributed by atoms with Crippen LogP contribution in [0.3, 0.4) is 0 Å². The largest absolute Gasteiger partial charge is 0.278 e. The highest BCUT2D eigenvalue weighted by atomic mass is 16.6. The molecule has 1 aromatic heterocycles. The average Bonchev–Trinajstić information content (AvgIpc) is 2.30. The van der Waals surface area contributed by atoms with Crippen molar-refractivity contribution in [2.45, 2.75) is 0 Å². The zero-order valence-corrected chi connectivity index (χ0v) is 7.83. The quantitative estimate of drug-likeness (QED) is 0.553. The highest BCUT2D eigenvalue weighted by molar-refractivity contribution is 5.70. The van der Waals surface area contributed by atoms with Gasteiger partial charge in [0.05, 0.1) is 16.2 Å². The van der Waals surface area contributed by atoms with Crippen LogP contribution < -0.4 is 0 Å². The molecule has 0 aliphatic rings. The van der Waals surface area contributed by atoms with Crippen molar-refractivity contribution < 1.29 is 4.92 Å². The van der Waals surface area contributed by atoms with E-state index in [0.717, 1.165) is 0 Å². The molecule has 2 aromatic rings. The number of rotatable bonds is 2. The molecule has 0 radical (unpaired) electrons. The second kappa shape index (κ2) is 3.88. The summed E-state index contributed by atoms with van der Waals surface area (Å²) in [5.41, 5.74) is 1.24. The molecule has 1 aromatic carbocycles. The van der Waals surface area contributed by atoms with Crippen LogP contribution in [0.15, 0.2) is 48.7 Å². The molecule has 0 spiro atoms. The van der Waals surface area contributed by atoms with Crippen LogP contribution in [0.1, 0.15) is 0 Å². The van der Waals surface area contributed by atoms with E-state index >= 15 is 0 Å². The first kappa shape index (κ1) is 9.33. The minimum absolute atomic E-state index is 0.0798. The van der Waals surface area contributed by atoms with E-state index in [1.165, 1.54) is 6.07 Å². The maximum Gasteiger partial charge on any atom is 0.278 e. The minimum atomic E-state index is -0.399. The molecule has 74 valence electrons. The van der Waals surface area contributed by atoms with Gasteiger partial charge in [-0.2, -0.15) is 0 Å². The Hall–Kier alpha value is -2.23. The summed E-state index contributed by atoms with van der Waals surface area (Å²) in [7, 11) is 0. The molecule has 4 nitrogen and oxygen atoms in total. The predicted molar refractivity (Wildman–Crippen MR) is 56.3 cm³/mol. The fraction of sp³-hybridized carbons (Fsp3) is 0. The van der Waals surface area contributed by atoms with Crippen molar-refractivity contribution >= 4 is 5.69 Å². The lowest BCUT2D eigenvalue weighted by Gasteiger charge is -2.00. The van der Waals surface area contributed by atoms with Crippen LogP contribution in [0.4, 0.5) is 5.69 Å². The van der Waals surface area contributed by atoms with Crippen molar-refractivity contribution in [2.24, 2.45) is 0 Å². The van der Waals surface area contributed by atoms with Crippen LogP contribution in [-0.2, 0) is 0 Å². The van der Waals surface area contributed by atoms with Gasteiger partial charge in [-0.1, -0.05) is 18.2 Å². The molecule has 0 bridgehead atoms. The summed E-state index contributed by atoms with van der Waals surface area (Å²) in [5, 5.41) is 10.8. The Morgan fingerprint density at radius 2 is 1.80 bits per heavy atom. The Morgan fingerprint density at radius 1 is 1.07 bits per heavy atom. The van der Waals surface area contributed by atoms with Gasteiger partial charge in [-0.25, -0.2) is 0 Å². The highest BCUT2D eigenvalue weighted by Crippen LogP contribution is 2.27. The molecule has 0 fully saturated rings. The van der Waals surface area contributed by atoms with Crippen LogP contribution in [0.2, 0.25) is 0 Å². The van der Waals surface area contributed by atoms with Crippen molar-refractivity contribution in [2.75, 3.05) is 0 Å². The van der Waals surface area contributed by atoms with E-state index < -0.39 is 4.92 Å². The fourth-order valence-corrected chi connectivity index (χ4v) is 1.37. The molecule has 0 N–H and O–H groups in total. The molecule has 0 saturated heterocycles. The Balaban J connectivity index is 2.58. The Kier molecular flexibility index (Phi) is 2.41. The zero-order chi connectivity index (χ0) is 10.7. The Labute approximate surface area is 86.4 Å². The summed E-state index contributed by atoms with van der Waals surface area (Å²) in [4.78, 5) is 14.5. The Bertz CT molecular complexity index is 483. The summed E-state index contributed by atoms with van der Waals surface area (Å²) in [6.07, 6.45) is 1.62. The smallest absolute Gasteiger partial charge is 0.258 e. The molecular formula is C11H8N2O2. The SMILES string of the molecule is O=[N+]([O-])c1ccccc1-c1ccccn1. The van der Waals surface area contributed by atoms with Gasteiger partial charge in [-0.05, 0) is 18.2 Å². The summed E-state index contributed by atoms with van der Waals surface area (Å²) in [6.45, 7) is 0. The summed E-state index contributed by atoms with van der Waals surface area (Å²) in [6, 6.07) is 11.9. The number of nitrogens with zero attached hydrogens (tertiary/aromatic N) is 2. The van der Waals surface area contributed by atoms with E-state index in [1.54, 1.807) is 42.6 Å². The maximum absolute atomic E-state index is 10.8. The molecule has 0 unspecified atom stereocenters. The molecule has 2 rings (SSSR count). The van der Waals surface area contributed by atoms with Gasteiger partial charge in [-0.3, -0.25) is 15.1 Å². The number of pyridine rings is 1. The number of nitro groups is 1. The molecule has 0 aliphatic heterocycles. The average molecular weight is 200 g/mol. The van der Waals surface area contributed by atoms with Gasteiger partial charge in [0.2, 0.25) is 0 Å². The van der Waals surface area contributed by atoms with E-state index in [-0.39, 0.29) is 5.69 Å². The standard InChI is InChI=1S/C11H8N2O2/c14-13(15)11-7-2-1-5-9(11)10-6-3-4-8-12-10/h1-8H. The van der Waals surface area contributed by atoms with E-state index in [2.05, 4.69) is 4.98 Å². The van der Waals surface area contributed by atoms with E-state index in [9.17, 15) is 10.1 Å². The lowest BCUT2D eigenvalue weighted by Crippen LogP contribution is -1.92. The first-order valence-electron chi connectivity index (χ1n) is 4.44. The van der Waals surface area contributed by atoms with Gasteiger partial charge in [0.15, 0.2) is 0 Å². The summed E-state index contributed by atoms with van der Waals surface area (Å²) in [5.74, 6) is 0. The van der Waals surface area contributed by atoms with Gasteiger partial charge in [0, 0.05) is 12.3 Å². The first-order chi connectivity index (χ1) is 7.29. The first-order valence-corrected chi connectivity index (χ1v) is 4.44. The van der Waals surface area contributed by atoms with Gasteiger partial charge < -0.3 is 0 Å². The summed E-state index contributed by atoms with van der Waals surface area (Å²) < 4.78 is 0. The number of hydrogen-bond acceptors (Lipinski definition) is 3. The van der Waals surface area contributed by atoms with Crippen LogP contribution in [0.25, 0.3) is 11.3 Å². The van der Waals surface area contributed by atoms with Crippen LogP contribution in [0.5, 0.6) is 0 Å². The van der Waals surface area contributed by atoms with Gasteiger partial charge in [0.1, 0.15) is 0 Å². The number of benzene rings is 1. The lowest BCUT2D eigenvalue weighted by atomic mass is 10.1. The molecule has 0 atom stereocenters. The third-order valence-corrected chi connectivity index (χ3v) is 2.04. The van der Waals surface area contributed by atoms with Crippen LogP contribution in [0, 0.1) is 10.1 Å². The number of hydrogen-bond donors (Lipinski definition) is 0. The van der Waals surface area contributed by atoms with Crippen LogP contribution in [-0.4, -0.2) is 9.91 Å². The number of aromatic nitrogens is 1. The zero-order valence-electron chi connectivity index (χ0n) is 7.83. The molecule has 1 heterocycles. The molecule has 0 amide bonds.